The number of carbonyl (C=O) groups is 2. The number of aryl methyl sites for hydroxylation is 1. The summed E-state index contributed by atoms with van der Waals surface area (Å²) in [4.78, 5) is 28.3. The van der Waals surface area contributed by atoms with Crippen LogP contribution in [0.1, 0.15) is 45.2 Å². The number of sulfonamides is 1. The van der Waals surface area contributed by atoms with Crippen molar-refractivity contribution in [1.82, 2.24) is 10.2 Å². The van der Waals surface area contributed by atoms with Gasteiger partial charge in [0.15, 0.2) is 0 Å². The average molecular weight is 557 g/mol. The van der Waals surface area contributed by atoms with Crippen LogP contribution in [0.2, 0.25) is 10.0 Å². The maximum absolute atomic E-state index is 13.8. The molecule has 0 aliphatic carbocycles. The monoisotopic (exact) mass is 555 g/mol. The molecule has 0 saturated heterocycles. The van der Waals surface area contributed by atoms with E-state index in [2.05, 4.69) is 5.32 Å². The largest absolute Gasteiger partial charge is 0.354 e. The number of hydrogen-bond donors (Lipinski definition) is 1. The number of rotatable bonds is 12. The van der Waals surface area contributed by atoms with Crippen LogP contribution in [-0.2, 0) is 32.6 Å². The van der Waals surface area contributed by atoms with Crippen LogP contribution >= 0.6 is 23.2 Å². The van der Waals surface area contributed by atoms with Gasteiger partial charge in [-0.1, -0.05) is 75.2 Å². The second kappa shape index (κ2) is 13.3. The Labute approximate surface area is 224 Å². The molecule has 198 valence electrons. The lowest BCUT2D eigenvalue weighted by Gasteiger charge is -2.33. The van der Waals surface area contributed by atoms with Crippen molar-refractivity contribution >= 4 is 50.7 Å². The van der Waals surface area contributed by atoms with Gasteiger partial charge >= 0.3 is 0 Å². The van der Waals surface area contributed by atoms with Gasteiger partial charge in [-0.25, -0.2) is 8.42 Å². The van der Waals surface area contributed by atoms with Gasteiger partial charge in [0.1, 0.15) is 12.6 Å². The molecular formula is C26H35Cl2N3O4S. The molecule has 10 heteroatoms. The predicted molar refractivity (Wildman–Crippen MR) is 147 cm³/mol. The van der Waals surface area contributed by atoms with Crippen LogP contribution in [0.5, 0.6) is 0 Å². The molecule has 0 spiro atoms. The number of hydrogen-bond acceptors (Lipinski definition) is 4. The van der Waals surface area contributed by atoms with Gasteiger partial charge in [-0.3, -0.25) is 13.9 Å². The molecule has 2 rings (SSSR count). The van der Waals surface area contributed by atoms with Gasteiger partial charge in [0.05, 0.1) is 11.9 Å². The highest BCUT2D eigenvalue weighted by atomic mass is 35.5. The number of nitrogens with zero attached hydrogens (tertiary/aromatic N) is 2. The van der Waals surface area contributed by atoms with Crippen LogP contribution in [0.25, 0.3) is 0 Å². The number of anilines is 1. The summed E-state index contributed by atoms with van der Waals surface area (Å²) in [6.07, 6.45) is 2.00. The van der Waals surface area contributed by atoms with Crippen molar-refractivity contribution in [2.45, 2.75) is 53.1 Å². The molecule has 0 aliphatic rings. The Morgan fingerprint density at radius 2 is 1.69 bits per heavy atom. The molecule has 0 aliphatic heterocycles. The van der Waals surface area contributed by atoms with Crippen LogP contribution in [-0.4, -0.2) is 50.5 Å². The predicted octanol–water partition coefficient (Wildman–Crippen LogP) is 4.90. The quantitative estimate of drug-likeness (QED) is 0.403. The molecule has 0 bridgehead atoms. The maximum Gasteiger partial charge on any atom is 0.244 e. The molecule has 2 aromatic carbocycles. The van der Waals surface area contributed by atoms with E-state index in [1.165, 1.54) is 4.90 Å². The fourth-order valence-electron chi connectivity index (χ4n) is 3.82. The van der Waals surface area contributed by atoms with E-state index in [1.54, 1.807) is 30.3 Å². The van der Waals surface area contributed by atoms with E-state index in [0.29, 0.717) is 40.7 Å². The van der Waals surface area contributed by atoms with E-state index < -0.39 is 28.5 Å². The van der Waals surface area contributed by atoms with Crippen LogP contribution in [0.15, 0.2) is 42.5 Å². The minimum atomic E-state index is -3.80. The lowest BCUT2D eigenvalue weighted by atomic mass is 10.1. The number of benzene rings is 2. The zero-order chi connectivity index (χ0) is 27.0. The molecule has 7 nitrogen and oxygen atoms in total. The Bertz CT molecular complexity index is 1170. The van der Waals surface area contributed by atoms with E-state index in [9.17, 15) is 18.0 Å². The summed E-state index contributed by atoms with van der Waals surface area (Å²) >= 11 is 12.4. The molecule has 0 fully saturated rings. The molecule has 36 heavy (non-hydrogen) atoms. The average Bonchev–Trinajstić information content (AvgIpc) is 2.81. The topological polar surface area (TPSA) is 86.8 Å². The van der Waals surface area contributed by atoms with Crippen molar-refractivity contribution in [2.75, 3.05) is 23.7 Å². The van der Waals surface area contributed by atoms with Gasteiger partial charge in [0, 0.05) is 23.1 Å². The first-order valence-corrected chi connectivity index (χ1v) is 14.6. The van der Waals surface area contributed by atoms with Gasteiger partial charge in [0.25, 0.3) is 0 Å². The number of carbonyl (C=O) groups excluding carboxylic acids is 2. The van der Waals surface area contributed by atoms with E-state index in [4.69, 9.17) is 23.2 Å². The first-order valence-electron chi connectivity index (χ1n) is 12.0. The van der Waals surface area contributed by atoms with Crippen molar-refractivity contribution < 1.29 is 18.0 Å². The number of halogens is 2. The highest BCUT2D eigenvalue weighted by molar-refractivity contribution is 7.92. The lowest BCUT2D eigenvalue weighted by Crippen LogP contribution is -2.52. The summed E-state index contributed by atoms with van der Waals surface area (Å²) in [5.74, 6) is -0.582. The zero-order valence-corrected chi connectivity index (χ0v) is 23.8. The van der Waals surface area contributed by atoms with Crippen LogP contribution in [0, 0.1) is 5.92 Å². The van der Waals surface area contributed by atoms with E-state index >= 15 is 0 Å². The van der Waals surface area contributed by atoms with Gasteiger partial charge in [-0.05, 0) is 48.1 Å². The molecule has 1 atom stereocenters. The Balaban J connectivity index is 2.49. The van der Waals surface area contributed by atoms with Crippen molar-refractivity contribution in [3.8, 4) is 0 Å². The summed E-state index contributed by atoms with van der Waals surface area (Å²) < 4.78 is 26.7. The molecule has 0 unspecified atom stereocenters. The molecule has 0 saturated carbocycles. The van der Waals surface area contributed by atoms with Crippen molar-refractivity contribution in [2.24, 2.45) is 5.92 Å². The fourth-order valence-corrected chi connectivity index (χ4v) is 5.17. The first kappa shape index (κ1) is 29.9. The van der Waals surface area contributed by atoms with Gasteiger partial charge < -0.3 is 10.2 Å². The zero-order valence-electron chi connectivity index (χ0n) is 21.4. The summed E-state index contributed by atoms with van der Waals surface area (Å²) in [6, 6.07) is 11.2. The summed E-state index contributed by atoms with van der Waals surface area (Å²) in [5.41, 5.74) is 1.84. The molecule has 2 amide bonds. The second-order valence-corrected chi connectivity index (χ2v) is 11.8. The number of para-hydroxylation sites is 1. The molecule has 2 aromatic rings. The first-order chi connectivity index (χ1) is 16.9. The van der Waals surface area contributed by atoms with Crippen LogP contribution < -0.4 is 9.62 Å². The normalized spacial score (nSPS) is 12.3. The Kier molecular flexibility index (Phi) is 11.1. The van der Waals surface area contributed by atoms with Gasteiger partial charge in [-0.15, -0.1) is 0 Å². The fraction of sp³-hybridized carbons (Fsp3) is 0.462. The summed E-state index contributed by atoms with van der Waals surface area (Å²) in [5, 5.41) is 3.70. The van der Waals surface area contributed by atoms with E-state index in [1.807, 2.05) is 39.8 Å². The van der Waals surface area contributed by atoms with Crippen LogP contribution in [0.3, 0.4) is 0 Å². The van der Waals surface area contributed by atoms with Crippen molar-refractivity contribution in [3.05, 3.63) is 63.6 Å². The Morgan fingerprint density at radius 3 is 2.25 bits per heavy atom. The standard InChI is InChI=1S/C26H35Cl2N3O4S/c1-6-19-10-8-9-11-24(19)31(36(5,34)35)17-25(32)30(16-20-12-13-21(27)14-22(20)28)23(7-2)26(33)29-15-18(3)4/h8-14,18,23H,6-7,15-17H2,1-5H3,(H,29,33)/t23-/m1/s1. The Morgan fingerprint density at radius 1 is 1.03 bits per heavy atom. The van der Waals surface area contributed by atoms with E-state index in [-0.39, 0.29) is 18.4 Å². The molecule has 1 N–H and O–H groups in total. The highest BCUT2D eigenvalue weighted by Gasteiger charge is 2.32. The second-order valence-electron chi connectivity index (χ2n) is 9.07. The minimum Gasteiger partial charge on any atom is -0.354 e. The summed E-state index contributed by atoms with van der Waals surface area (Å²) in [6.45, 7) is 7.72. The maximum atomic E-state index is 13.8. The Hall–Kier alpha value is -2.29. The molecular weight excluding hydrogens is 521 g/mol. The SMILES string of the molecule is CCc1ccccc1N(CC(=O)N(Cc1ccc(Cl)cc1Cl)[C@H](CC)C(=O)NCC(C)C)S(C)(=O)=O. The number of nitrogens with one attached hydrogen (secondary N) is 1. The lowest BCUT2D eigenvalue weighted by molar-refractivity contribution is -0.140. The van der Waals surface area contributed by atoms with Gasteiger partial charge in [0.2, 0.25) is 21.8 Å². The third kappa shape index (κ3) is 8.11. The summed E-state index contributed by atoms with van der Waals surface area (Å²) in [7, 11) is -3.80. The van der Waals surface area contributed by atoms with Gasteiger partial charge in [-0.2, -0.15) is 0 Å². The molecule has 0 heterocycles. The van der Waals surface area contributed by atoms with Crippen molar-refractivity contribution in [3.63, 3.8) is 0 Å². The molecule has 0 radical (unpaired) electrons. The minimum absolute atomic E-state index is 0.0233. The molecule has 0 aromatic heterocycles. The van der Waals surface area contributed by atoms with Crippen LogP contribution in [0.4, 0.5) is 5.69 Å². The third-order valence-electron chi connectivity index (χ3n) is 5.75. The number of amides is 2. The smallest absolute Gasteiger partial charge is 0.244 e. The van der Waals surface area contributed by atoms with Crippen molar-refractivity contribution in [1.29, 1.82) is 0 Å². The highest BCUT2D eigenvalue weighted by Crippen LogP contribution is 2.26. The van der Waals surface area contributed by atoms with E-state index in [0.717, 1.165) is 16.1 Å². The third-order valence-corrected chi connectivity index (χ3v) is 7.46.